The van der Waals surface area contributed by atoms with Crippen molar-refractivity contribution in [1.82, 2.24) is 15.2 Å². The van der Waals surface area contributed by atoms with Gasteiger partial charge >= 0.3 is 0 Å². The number of amides is 1. The lowest BCUT2D eigenvalue weighted by molar-refractivity contribution is -0.129. The van der Waals surface area contributed by atoms with Crippen molar-refractivity contribution < 1.29 is 9.53 Å². The minimum atomic E-state index is -0.357. The predicted molar refractivity (Wildman–Crippen MR) is 99.9 cm³/mol. The third-order valence-corrected chi connectivity index (χ3v) is 5.38. The van der Waals surface area contributed by atoms with Gasteiger partial charge in [0.2, 0.25) is 5.91 Å². The van der Waals surface area contributed by atoms with Crippen LogP contribution in [0.15, 0.2) is 48.8 Å². The number of hydrogen-bond donors (Lipinski definition) is 1. The Bertz CT molecular complexity index is 774. The molecule has 0 radical (unpaired) electrons. The van der Waals surface area contributed by atoms with Crippen LogP contribution in [0.1, 0.15) is 30.0 Å². The zero-order valence-corrected chi connectivity index (χ0v) is 15.3. The van der Waals surface area contributed by atoms with Gasteiger partial charge in [0.25, 0.3) is 0 Å². The highest BCUT2D eigenvalue weighted by Crippen LogP contribution is 2.46. The van der Waals surface area contributed by atoms with Crippen LogP contribution >= 0.6 is 11.6 Å². The van der Waals surface area contributed by atoms with Crippen LogP contribution in [0.5, 0.6) is 0 Å². The predicted octanol–water partition coefficient (Wildman–Crippen LogP) is 2.91. The zero-order valence-electron chi connectivity index (χ0n) is 14.5. The monoisotopic (exact) mass is 371 g/mol. The van der Waals surface area contributed by atoms with Crippen molar-refractivity contribution in [3.05, 3.63) is 64.9 Å². The van der Waals surface area contributed by atoms with Crippen LogP contribution in [0.3, 0.4) is 0 Å². The number of rotatable bonds is 5. The highest BCUT2D eigenvalue weighted by Gasteiger charge is 2.47. The molecule has 26 heavy (non-hydrogen) atoms. The molecule has 136 valence electrons. The first kappa shape index (κ1) is 17.5. The normalized spacial score (nSPS) is 20.3. The summed E-state index contributed by atoms with van der Waals surface area (Å²) in [7, 11) is 0. The molecule has 1 aliphatic heterocycles. The van der Waals surface area contributed by atoms with E-state index in [1.54, 1.807) is 12.4 Å². The van der Waals surface area contributed by atoms with Gasteiger partial charge in [0, 0.05) is 30.5 Å². The summed E-state index contributed by atoms with van der Waals surface area (Å²) in [5.41, 5.74) is 1.69. The van der Waals surface area contributed by atoms with Gasteiger partial charge in [-0.2, -0.15) is 0 Å². The van der Waals surface area contributed by atoms with Crippen LogP contribution in [-0.4, -0.2) is 42.1 Å². The van der Waals surface area contributed by atoms with Gasteiger partial charge in [-0.3, -0.25) is 14.7 Å². The lowest BCUT2D eigenvalue weighted by Crippen LogP contribution is -2.48. The number of morpholine rings is 1. The van der Waals surface area contributed by atoms with Crippen LogP contribution in [0.4, 0.5) is 0 Å². The average Bonchev–Trinajstić information content (AvgIpc) is 3.44. The van der Waals surface area contributed by atoms with Gasteiger partial charge in [-0.05, 0) is 42.2 Å². The van der Waals surface area contributed by atoms with Crippen molar-refractivity contribution in [2.24, 2.45) is 0 Å². The van der Waals surface area contributed by atoms with Crippen molar-refractivity contribution >= 4 is 17.5 Å². The van der Waals surface area contributed by atoms with Gasteiger partial charge in [0.05, 0.1) is 18.8 Å². The van der Waals surface area contributed by atoms with Crippen molar-refractivity contribution in [3.8, 4) is 0 Å². The van der Waals surface area contributed by atoms with E-state index >= 15 is 0 Å². The molecular formula is C20H22ClN3O2. The van der Waals surface area contributed by atoms with E-state index in [1.807, 2.05) is 36.4 Å². The van der Waals surface area contributed by atoms with Gasteiger partial charge in [-0.25, -0.2) is 0 Å². The number of hydrogen-bond acceptors (Lipinski definition) is 4. The van der Waals surface area contributed by atoms with E-state index in [1.165, 1.54) is 0 Å². The highest BCUT2D eigenvalue weighted by atomic mass is 35.5. The number of nitrogens with zero attached hydrogens (tertiary/aromatic N) is 2. The fraction of sp³-hybridized carbons (Fsp3) is 0.400. The van der Waals surface area contributed by atoms with E-state index in [9.17, 15) is 4.79 Å². The second kappa shape index (κ2) is 7.35. The minimum Gasteiger partial charge on any atom is -0.379 e. The van der Waals surface area contributed by atoms with Gasteiger partial charge in [-0.15, -0.1) is 0 Å². The summed E-state index contributed by atoms with van der Waals surface area (Å²) in [4.78, 5) is 19.7. The second-order valence-corrected chi connectivity index (χ2v) is 7.36. The Kier molecular flexibility index (Phi) is 4.94. The number of pyridine rings is 1. The summed E-state index contributed by atoms with van der Waals surface area (Å²) in [6.07, 6.45) is 5.37. The molecule has 6 heteroatoms. The Morgan fingerprint density at radius 2 is 2.04 bits per heavy atom. The summed E-state index contributed by atoms with van der Waals surface area (Å²) in [6.45, 7) is 2.75. The van der Waals surface area contributed by atoms with Crippen molar-refractivity contribution in [3.63, 3.8) is 0 Å². The molecule has 0 bridgehead atoms. The topological polar surface area (TPSA) is 54.5 Å². The standard InChI is InChI=1S/C20H22ClN3O2/c21-17-5-1-4-16(13-17)20(6-7-20)23-19(25)18(15-3-2-8-22-14-15)24-9-11-26-12-10-24/h1-5,8,13-14,18H,6-7,9-12H2,(H,23,25). The highest BCUT2D eigenvalue weighted by molar-refractivity contribution is 6.30. The molecule has 1 amide bonds. The van der Waals surface area contributed by atoms with Crippen LogP contribution in [0, 0.1) is 0 Å². The fourth-order valence-electron chi connectivity index (χ4n) is 3.60. The molecule has 1 unspecified atom stereocenters. The van der Waals surface area contributed by atoms with Crippen LogP contribution in [0.25, 0.3) is 0 Å². The first-order chi connectivity index (χ1) is 12.7. The molecule has 1 aliphatic carbocycles. The maximum atomic E-state index is 13.3. The van der Waals surface area contributed by atoms with Crippen molar-refractivity contribution in [2.75, 3.05) is 26.3 Å². The van der Waals surface area contributed by atoms with Crippen LogP contribution in [0.2, 0.25) is 5.02 Å². The van der Waals surface area contributed by atoms with Crippen molar-refractivity contribution in [2.45, 2.75) is 24.4 Å². The molecule has 1 N–H and O–H groups in total. The van der Waals surface area contributed by atoms with E-state index in [0.717, 1.165) is 37.1 Å². The lowest BCUT2D eigenvalue weighted by atomic mass is 10.0. The number of benzene rings is 1. The SMILES string of the molecule is O=C(NC1(c2cccc(Cl)c2)CC1)C(c1cccnc1)N1CCOCC1. The molecule has 2 aromatic rings. The second-order valence-electron chi connectivity index (χ2n) is 6.92. The Labute approximate surface area is 158 Å². The quantitative estimate of drug-likeness (QED) is 0.878. The number of carbonyl (C=O) groups is 1. The molecule has 1 aromatic heterocycles. The third kappa shape index (κ3) is 3.61. The summed E-state index contributed by atoms with van der Waals surface area (Å²) < 4.78 is 5.46. The fourth-order valence-corrected chi connectivity index (χ4v) is 3.79. The molecule has 1 aromatic carbocycles. The van der Waals surface area contributed by atoms with E-state index in [2.05, 4.69) is 15.2 Å². The summed E-state index contributed by atoms with van der Waals surface area (Å²) in [6, 6.07) is 11.3. The maximum absolute atomic E-state index is 13.3. The molecule has 1 saturated heterocycles. The van der Waals surface area contributed by atoms with E-state index in [0.29, 0.717) is 18.2 Å². The number of aromatic nitrogens is 1. The van der Waals surface area contributed by atoms with E-state index < -0.39 is 0 Å². The largest absolute Gasteiger partial charge is 0.379 e. The number of nitrogens with one attached hydrogen (secondary N) is 1. The molecule has 2 aliphatic rings. The summed E-state index contributed by atoms with van der Waals surface area (Å²) in [5.74, 6) is 0.0115. The maximum Gasteiger partial charge on any atom is 0.242 e. The smallest absolute Gasteiger partial charge is 0.242 e. The molecule has 1 saturated carbocycles. The molecule has 0 spiro atoms. The Morgan fingerprint density at radius 1 is 1.23 bits per heavy atom. The molecule has 4 rings (SSSR count). The molecule has 2 heterocycles. The minimum absolute atomic E-state index is 0.0115. The Balaban J connectivity index is 1.58. The molecule has 1 atom stereocenters. The van der Waals surface area contributed by atoms with Crippen molar-refractivity contribution in [1.29, 1.82) is 0 Å². The molecule has 2 fully saturated rings. The summed E-state index contributed by atoms with van der Waals surface area (Å²) >= 11 is 6.15. The average molecular weight is 372 g/mol. The van der Waals surface area contributed by atoms with Crippen LogP contribution < -0.4 is 5.32 Å². The third-order valence-electron chi connectivity index (χ3n) is 5.15. The zero-order chi connectivity index (χ0) is 18.0. The number of halogens is 1. The Hall–Kier alpha value is -1.95. The van der Waals surface area contributed by atoms with E-state index in [4.69, 9.17) is 16.3 Å². The number of ether oxygens (including phenoxy) is 1. The van der Waals surface area contributed by atoms with Gasteiger partial charge in [0.15, 0.2) is 0 Å². The first-order valence-corrected chi connectivity index (χ1v) is 9.36. The number of carbonyl (C=O) groups excluding carboxylic acids is 1. The van der Waals surface area contributed by atoms with Gasteiger partial charge in [0.1, 0.15) is 6.04 Å². The molecular weight excluding hydrogens is 350 g/mol. The Morgan fingerprint density at radius 3 is 2.69 bits per heavy atom. The van der Waals surface area contributed by atoms with E-state index in [-0.39, 0.29) is 17.5 Å². The van der Waals surface area contributed by atoms with Gasteiger partial charge in [-0.1, -0.05) is 29.8 Å². The van der Waals surface area contributed by atoms with Gasteiger partial charge < -0.3 is 10.1 Å². The van der Waals surface area contributed by atoms with Crippen LogP contribution in [-0.2, 0) is 15.1 Å². The first-order valence-electron chi connectivity index (χ1n) is 8.98. The summed E-state index contributed by atoms with van der Waals surface area (Å²) in [5, 5.41) is 3.99. The lowest BCUT2D eigenvalue weighted by Gasteiger charge is -2.34. The molecule has 5 nitrogen and oxygen atoms in total.